The van der Waals surface area contributed by atoms with Crippen LogP contribution in [0.15, 0.2) is 12.1 Å². The lowest BCUT2D eigenvalue weighted by atomic mass is 10.1. The maximum atomic E-state index is 9.31. The maximum Gasteiger partial charge on any atom is 0.124 e. The highest BCUT2D eigenvalue weighted by atomic mass is 35.5. The minimum absolute atomic E-state index is 0.0810. The Morgan fingerprint density at radius 1 is 1.33 bits per heavy atom. The highest BCUT2D eigenvalue weighted by molar-refractivity contribution is 6.35. The summed E-state index contributed by atoms with van der Waals surface area (Å²) < 4.78 is 0. The number of phenolic OH excluding ortho intramolecular Hbond substituents is 1. The van der Waals surface area contributed by atoms with E-state index < -0.39 is 6.10 Å². The number of aliphatic hydroxyl groups is 1. The fourth-order valence-electron chi connectivity index (χ4n) is 0.985. The lowest BCUT2D eigenvalue weighted by molar-refractivity contribution is 0.195. The third-order valence-electron chi connectivity index (χ3n) is 1.49. The van der Waals surface area contributed by atoms with Crippen molar-refractivity contribution >= 4 is 23.2 Å². The molecule has 0 aliphatic carbocycles. The molecule has 1 rings (SSSR count). The van der Waals surface area contributed by atoms with Gasteiger partial charge in [0.2, 0.25) is 0 Å². The van der Waals surface area contributed by atoms with Gasteiger partial charge in [0.15, 0.2) is 0 Å². The van der Waals surface area contributed by atoms with Gasteiger partial charge in [-0.05, 0) is 19.1 Å². The Labute approximate surface area is 80.4 Å². The van der Waals surface area contributed by atoms with Crippen LogP contribution in [0, 0.1) is 0 Å². The van der Waals surface area contributed by atoms with Crippen molar-refractivity contribution in [1.82, 2.24) is 0 Å². The summed E-state index contributed by atoms with van der Waals surface area (Å²) in [5.74, 6) is -0.0810. The van der Waals surface area contributed by atoms with E-state index in [1.54, 1.807) is 0 Å². The predicted molar refractivity (Wildman–Crippen MR) is 48.8 cm³/mol. The molecule has 12 heavy (non-hydrogen) atoms. The Balaban J connectivity index is 3.28. The Morgan fingerprint density at radius 3 is 2.33 bits per heavy atom. The van der Waals surface area contributed by atoms with Crippen LogP contribution in [0.1, 0.15) is 18.6 Å². The first-order valence-electron chi connectivity index (χ1n) is 3.38. The van der Waals surface area contributed by atoms with Crippen molar-refractivity contribution in [1.29, 1.82) is 0 Å². The van der Waals surface area contributed by atoms with Crippen molar-refractivity contribution in [3.05, 3.63) is 27.7 Å². The first-order chi connectivity index (χ1) is 5.52. The molecule has 0 radical (unpaired) electrons. The smallest absolute Gasteiger partial charge is 0.124 e. The Kier molecular flexibility index (Phi) is 2.83. The number of rotatable bonds is 1. The van der Waals surface area contributed by atoms with E-state index in [0.717, 1.165) is 0 Å². The van der Waals surface area contributed by atoms with Gasteiger partial charge in [-0.25, -0.2) is 0 Å². The number of hydrogen-bond donors (Lipinski definition) is 2. The predicted octanol–water partition coefficient (Wildman–Crippen LogP) is 2.75. The van der Waals surface area contributed by atoms with E-state index in [1.807, 2.05) is 0 Å². The zero-order chi connectivity index (χ0) is 9.30. The molecule has 0 aliphatic heterocycles. The fraction of sp³-hybridized carbons (Fsp3) is 0.250. The van der Waals surface area contributed by atoms with E-state index in [1.165, 1.54) is 19.1 Å². The van der Waals surface area contributed by atoms with Gasteiger partial charge in [0, 0.05) is 10.6 Å². The van der Waals surface area contributed by atoms with Gasteiger partial charge in [-0.1, -0.05) is 23.2 Å². The maximum absolute atomic E-state index is 9.31. The standard InChI is InChI=1S/C8H8Cl2O2/c1-4(11)8-6(10)2-5(9)3-7(8)12/h2-4,11-12H,1H3. The van der Waals surface area contributed by atoms with Crippen molar-refractivity contribution < 1.29 is 10.2 Å². The lowest BCUT2D eigenvalue weighted by Gasteiger charge is -2.09. The molecule has 66 valence electrons. The van der Waals surface area contributed by atoms with Crippen LogP contribution in [0.4, 0.5) is 0 Å². The van der Waals surface area contributed by atoms with Crippen LogP contribution in [-0.2, 0) is 0 Å². The molecular formula is C8H8Cl2O2. The summed E-state index contributed by atoms with van der Waals surface area (Å²) in [6.07, 6.45) is -0.797. The molecule has 1 unspecified atom stereocenters. The Hall–Kier alpha value is -0.440. The number of aromatic hydroxyl groups is 1. The molecule has 2 nitrogen and oxygen atoms in total. The van der Waals surface area contributed by atoms with Crippen LogP contribution in [0.25, 0.3) is 0 Å². The first-order valence-corrected chi connectivity index (χ1v) is 4.14. The van der Waals surface area contributed by atoms with Gasteiger partial charge in [0.05, 0.1) is 11.1 Å². The second-order valence-corrected chi connectivity index (χ2v) is 3.34. The molecule has 0 bridgehead atoms. The normalized spacial score (nSPS) is 13.0. The third kappa shape index (κ3) is 1.83. The van der Waals surface area contributed by atoms with Gasteiger partial charge in [0.25, 0.3) is 0 Å². The van der Waals surface area contributed by atoms with Crippen molar-refractivity contribution in [3.63, 3.8) is 0 Å². The van der Waals surface area contributed by atoms with Gasteiger partial charge in [0.1, 0.15) is 5.75 Å². The Morgan fingerprint density at radius 2 is 1.92 bits per heavy atom. The zero-order valence-corrected chi connectivity index (χ0v) is 7.89. The molecule has 4 heteroatoms. The molecule has 2 N–H and O–H groups in total. The van der Waals surface area contributed by atoms with Gasteiger partial charge < -0.3 is 10.2 Å². The molecule has 1 aromatic rings. The summed E-state index contributed by atoms with van der Waals surface area (Å²) in [4.78, 5) is 0. The largest absolute Gasteiger partial charge is 0.507 e. The minimum Gasteiger partial charge on any atom is -0.507 e. The highest BCUT2D eigenvalue weighted by Crippen LogP contribution is 2.34. The molecular weight excluding hydrogens is 199 g/mol. The molecule has 0 saturated heterocycles. The summed E-state index contributed by atoms with van der Waals surface area (Å²) in [6, 6.07) is 2.82. The van der Waals surface area contributed by atoms with E-state index >= 15 is 0 Å². The van der Waals surface area contributed by atoms with Crippen molar-refractivity contribution in [3.8, 4) is 5.75 Å². The summed E-state index contributed by atoms with van der Waals surface area (Å²) in [5.41, 5.74) is 0.307. The van der Waals surface area contributed by atoms with Gasteiger partial charge in [-0.3, -0.25) is 0 Å². The van der Waals surface area contributed by atoms with Crippen molar-refractivity contribution in [2.24, 2.45) is 0 Å². The molecule has 0 spiro atoms. The number of halogens is 2. The van der Waals surface area contributed by atoms with E-state index in [-0.39, 0.29) is 10.8 Å². The quantitative estimate of drug-likeness (QED) is 0.743. The molecule has 0 fully saturated rings. The Bertz CT molecular complexity index is 274. The number of benzene rings is 1. The molecule has 1 atom stereocenters. The van der Waals surface area contributed by atoms with E-state index in [0.29, 0.717) is 10.6 Å². The number of aliphatic hydroxyl groups excluding tert-OH is 1. The van der Waals surface area contributed by atoms with Crippen LogP contribution in [-0.4, -0.2) is 10.2 Å². The minimum atomic E-state index is -0.797. The SMILES string of the molecule is CC(O)c1c(O)cc(Cl)cc1Cl. The van der Waals surface area contributed by atoms with Gasteiger partial charge in [-0.2, -0.15) is 0 Å². The zero-order valence-electron chi connectivity index (χ0n) is 6.38. The van der Waals surface area contributed by atoms with Crippen LogP contribution < -0.4 is 0 Å². The van der Waals surface area contributed by atoms with Gasteiger partial charge >= 0.3 is 0 Å². The summed E-state index contributed by atoms with van der Waals surface area (Å²) in [6.45, 7) is 1.52. The van der Waals surface area contributed by atoms with Gasteiger partial charge in [-0.15, -0.1) is 0 Å². The first kappa shape index (κ1) is 9.65. The van der Waals surface area contributed by atoms with Crippen LogP contribution in [0.5, 0.6) is 5.75 Å². The molecule has 0 aliphatic rings. The monoisotopic (exact) mass is 206 g/mol. The number of hydrogen-bond acceptors (Lipinski definition) is 2. The highest BCUT2D eigenvalue weighted by Gasteiger charge is 2.12. The average Bonchev–Trinajstić information content (AvgIpc) is 1.82. The van der Waals surface area contributed by atoms with Crippen molar-refractivity contribution in [2.45, 2.75) is 13.0 Å². The molecule has 1 aromatic carbocycles. The van der Waals surface area contributed by atoms with E-state index in [9.17, 15) is 10.2 Å². The topological polar surface area (TPSA) is 40.5 Å². The second kappa shape index (κ2) is 3.52. The van der Waals surface area contributed by atoms with Crippen LogP contribution in [0.3, 0.4) is 0 Å². The third-order valence-corrected chi connectivity index (χ3v) is 2.02. The molecule has 0 amide bonds. The van der Waals surface area contributed by atoms with Crippen molar-refractivity contribution in [2.75, 3.05) is 0 Å². The average molecular weight is 207 g/mol. The molecule has 0 aromatic heterocycles. The summed E-state index contributed by atoms with van der Waals surface area (Å²) in [5, 5.41) is 19.1. The van der Waals surface area contributed by atoms with E-state index in [2.05, 4.69) is 0 Å². The molecule has 0 saturated carbocycles. The number of phenols is 1. The van der Waals surface area contributed by atoms with E-state index in [4.69, 9.17) is 23.2 Å². The van der Waals surface area contributed by atoms with Crippen LogP contribution >= 0.6 is 23.2 Å². The second-order valence-electron chi connectivity index (χ2n) is 2.50. The fourth-order valence-corrected chi connectivity index (χ4v) is 1.63. The summed E-state index contributed by atoms with van der Waals surface area (Å²) in [7, 11) is 0. The summed E-state index contributed by atoms with van der Waals surface area (Å²) >= 11 is 11.3. The molecule has 0 heterocycles. The van der Waals surface area contributed by atoms with Crippen LogP contribution in [0.2, 0.25) is 10.0 Å². The lowest BCUT2D eigenvalue weighted by Crippen LogP contribution is -1.92.